The molecule has 1 aromatic heterocycles. The van der Waals surface area contributed by atoms with Crippen LogP contribution in [0.3, 0.4) is 0 Å². The van der Waals surface area contributed by atoms with E-state index in [9.17, 15) is 13.2 Å². The van der Waals surface area contributed by atoms with E-state index in [0.717, 1.165) is 12.0 Å². The highest BCUT2D eigenvalue weighted by Crippen LogP contribution is 2.33. The number of hydrogen-bond acceptors (Lipinski definition) is 6. The van der Waals surface area contributed by atoms with E-state index in [2.05, 4.69) is 10.2 Å². The Bertz CT molecular complexity index is 1130. The van der Waals surface area contributed by atoms with E-state index in [1.54, 1.807) is 35.2 Å². The fourth-order valence-corrected chi connectivity index (χ4v) is 4.68. The van der Waals surface area contributed by atoms with E-state index in [0.29, 0.717) is 24.1 Å². The summed E-state index contributed by atoms with van der Waals surface area (Å²) in [7, 11) is -3.76. The Morgan fingerprint density at radius 2 is 1.93 bits per heavy atom. The van der Waals surface area contributed by atoms with Gasteiger partial charge in [-0.05, 0) is 37.5 Å². The molecule has 29 heavy (non-hydrogen) atoms. The van der Waals surface area contributed by atoms with Crippen molar-refractivity contribution in [2.75, 3.05) is 6.54 Å². The Balaban J connectivity index is 1.56. The molecule has 0 bridgehead atoms. The van der Waals surface area contributed by atoms with Gasteiger partial charge in [0.05, 0.1) is 5.75 Å². The second-order valence-electron chi connectivity index (χ2n) is 7.18. The molecular weight excluding hydrogens is 390 g/mol. The van der Waals surface area contributed by atoms with E-state index in [1.165, 1.54) is 0 Å². The van der Waals surface area contributed by atoms with Crippen LogP contribution in [0.25, 0.3) is 0 Å². The molecule has 7 nitrogen and oxygen atoms in total. The van der Waals surface area contributed by atoms with E-state index < -0.39 is 21.1 Å². The fourth-order valence-electron chi connectivity index (χ4n) is 3.55. The Hall–Kier alpha value is -3.00. The second kappa shape index (κ2) is 7.79. The first-order valence-corrected chi connectivity index (χ1v) is 11.1. The second-order valence-corrected chi connectivity index (χ2v) is 9.04. The first-order valence-electron chi connectivity index (χ1n) is 9.42. The Labute approximate surface area is 169 Å². The summed E-state index contributed by atoms with van der Waals surface area (Å²) in [4.78, 5) is 14.6. The van der Waals surface area contributed by atoms with Crippen LogP contribution in [-0.4, -0.2) is 36.0 Å². The molecule has 2 aromatic carbocycles. The molecule has 1 saturated heterocycles. The van der Waals surface area contributed by atoms with Crippen molar-refractivity contribution in [3.63, 3.8) is 0 Å². The highest BCUT2D eigenvalue weighted by molar-refractivity contribution is 7.90. The molecule has 0 N–H and O–H groups in total. The number of aryl methyl sites for hydroxylation is 1. The van der Waals surface area contributed by atoms with Crippen LogP contribution in [0.5, 0.6) is 0 Å². The van der Waals surface area contributed by atoms with Gasteiger partial charge in [-0.1, -0.05) is 53.1 Å². The normalized spacial score (nSPS) is 16.9. The molecule has 1 aliphatic rings. The first-order chi connectivity index (χ1) is 13.9. The van der Waals surface area contributed by atoms with Crippen molar-refractivity contribution in [3.05, 3.63) is 77.2 Å². The minimum absolute atomic E-state index is 0.122. The van der Waals surface area contributed by atoms with Gasteiger partial charge in [0.2, 0.25) is 15.7 Å². The van der Waals surface area contributed by atoms with Gasteiger partial charge in [0, 0.05) is 12.1 Å². The maximum Gasteiger partial charge on any atom is 0.335 e. The Morgan fingerprint density at radius 1 is 1.14 bits per heavy atom. The van der Waals surface area contributed by atoms with Gasteiger partial charge >= 0.3 is 5.22 Å². The third kappa shape index (κ3) is 4.07. The molecule has 8 heteroatoms. The Kier molecular flexibility index (Phi) is 5.19. The summed E-state index contributed by atoms with van der Waals surface area (Å²) in [6.45, 7) is 2.49. The van der Waals surface area contributed by atoms with Gasteiger partial charge in [-0.25, -0.2) is 8.42 Å². The molecule has 0 saturated carbocycles. The molecule has 0 unspecified atom stereocenters. The molecule has 4 rings (SSSR count). The zero-order chi connectivity index (χ0) is 20.4. The van der Waals surface area contributed by atoms with Crippen molar-refractivity contribution in [1.82, 2.24) is 15.1 Å². The van der Waals surface area contributed by atoms with E-state index in [-0.39, 0.29) is 17.6 Å². The minimum Gasteiger partial charge on any atom is -0.410 e. The molecular formula is C21H21N3O4S. The van der Waals surface area contributed by atoms with Crippen LogP contribution in [0, 0.1) is 6.92 Å². The molecule has 3 aromatic rings. The third-order valence-electron chi connectivity index (χ3n) is 4.95. The van der Waals surface area contributed by atoms with Crippen LogP contribution < -0.4 is 0 Å². The van der Waals surface area contributed by atoms with Crippen molar-refractivity contribution >= 4 is 15.7 Å². The van der Waals surface area contributed by atoms with Gasteiger partial charge < -0.3 is 9.32 Å². The number of likely N-dealkylation sites (tertiary alicyclic amines) is 1. The number of aromatic nitrogens is 2. The number of benzene rings is 2. The molecule has 1 aliphatic heterocycles. The van der Waals surface area contributed by atoms with E-state index >= 15 is 0 Å². The van der Waals surface area contributed by atoms with E-state index in [1.807, 2.05) is 31.2 Å². The van der Waals surface area contributed by atoms with Crippen LogP contribution in [0.15, 0.2) is 64.2 Å². The zero-order valence-electron chi connectivity index (χ0n) is 16.0. The molecule has 1 amide bonds. The highest BCUT2D eigenvalue weighted by Gasteiger charge is 2.35. The largest absolute Gasteiger partial charge is 0.410 e. The monoisotopic (exact) mass is 411 g/mol. The van der Waals surface area contributed by atoms with Crippen LogP contribution >= 0.6 is 0 Å². The smallest absolute Gasteiger partial charge is 0.335 e. The molecule has 2 heterocycles. The predicted molar refractivity (Wildman–Crippen MR) is 106 cm³/mol. The number of nitrogens with zero attached hydrogens (tertiary/aromatic N) is 3. The minimum atomic E-state index is -3.76. The molecule has 0 aliphatic carbocycles. The quantitative estimate of drug-likeness (QED) is 0.639. The highest BCUT2D eigenvalue weighted by atomic mass is 32.2. The van der Waals surface area contributed by atoms with Gasteiger partial charge in [0.25, 0.3) is 5.91 Å². The number of carbonyl (C=O) groups excluding carboxylic acids is 1. The van der Waals surface area contributed by atoms with Crippen molar-refractivity contribution in [2.45, 2.75) is 36.8 Å². The van der Waals surface area contributed by atoms with Crippen LogP contribution in [-0.2, 0) is 15.6 Å². The van der Waals surface area contributed by atoms with Crippen LogP contribution in [0.1, 0.15) is 46.3 Å². The average molecular weight is 411 g/mol. The van der Waals surface area contributed by atoms with Crippen molar-refractivity contribution < 1.29 is 17.6 Å². The van der Waals surface area contributed by atoms with Gasteiger partial charge in [-0.2, -0.15) is 0 Å². The molecule has 1 fully saturated rings. The number of rotatable bonds is 5. The summed E-state index contributed by atoms with van der Waals surface area (Å²) in [5.74, 6) is -0.176. The zero-order valence-corrected chi connectivity index (χ0v) is 16.8. The summed E-state index contributed by atoms with van der Waals surface area (Å²) in [5.41, 5.74) is 2.23. The SMILES string of the molecule is Cc1cccc(C(=O)N2CCC[C@H]2c2nnc(S(=O)(=O)Cc3ccccc3)o2)c1. The fraction of sp³-hybridized carbons (Fsp3) is 0.286. The summed E-state index contributed by atoms with van der Waals surface area (Å²) in [6.07, 6.45) is 1.44. The number of sulfone groups is 1. The third-order valence-corrected chi connectivity index (χ3v) is 6.36. The van der Waals surface area contributed by atoms with E-state index in [4.69, 9.17) is 4.42 Å². The van der Waals surface area contributed by atoms with Gasteiger partial charge in [-0.15, -0.1) is 5.10 Å². The lowest BCUT2D eigenvalue weighted by Gasteiger charge is -2.22. The van der Waals surface area contributed by atoms with Gasteiger partial charge in [-0.3, -0.25) is 4.79 Å². The van der Waals surface area contributed by atoms with Gasteiger partial charge in [0.1, 0.15) is 6.04 Å². The average Bonchev–Trinajstić information content (AvgIpc) is 3.37. The Morgan fingerprint density at radius 3 is 2.69 bits per heavy atom. The number of carbonyl (C=O) groups is 1. The maximum atomic E-state index is 12.9. The van der Waals surface area contributed by atoms with Crippen molar-refractivity contribution in [1.29, 1.82) is 0 Å². The molecule has 1 atom stereocenters. The number of hydrogen-bond donors (Lipinski definition) is 0. The summed E-state index contributed by atoms with van der Waals surface area (Å²) < 4.78 is 30.8. The maximum absolute atomic E-state index is 12.9. The summed E-state index contributed by atoms with van der Waals surface area (Å²) in [6, 6.07) is 15.8. The number of amides is 1. The predicted octanol–water partition coefficient (Wildman–Crippen LogP) is 3.33. The summed E-state index contributed by atoms with van der Waals surface area (Å²) in [5, 5.41) is 7.32. The topological polar surface area (TPSA) is 93.4 Å². The lowest BCUT2D eigenvalue weighted by Crippen LogP contribution is -2.30. The lowest BCUT2D eigenvalue weighted by atomic mass is 10.1. The molecule has 0 spiro atoms. The van der Waals surface area contributed by atoms with Crippen molar-refractivity contribution in [2.24, 2.45) is 0 Å². The lowest BCUT2D eigenvalue weighted by molar-refractivity contribution is 0.0712. The van der Waals surface area contributed by atoms with Crippen LogP contribution in [0.4, 0.5) is 0 Å². The van der Waals surface area contributed by atoms with Crippen molar-refractivity contribution in [3.8, 4) is 0 Å². The first kappa shape index (κ1) is 19.3. The standard InChI is InChI=1S/C21H21N3O4S/c1-15-7-5-10-17(13-15)20(25)24-12-6-11-18(24)19-22-23-21(28-19)29(26,27)14-16-8-3-2-4-9-16/h2-5,7-10,13,18H,6,11-12,14H2,1H3/t18-/m0/s1. The van der Waals surface area contributed by atoms with Crippen LogP contribution in [0.2, 0.25) is 0 Å². The molecule has 0 radical (unpaired) electrons. The van der Waals surface area contributed by atoms with Gasteiger partial charge in [0.15, 0.2) is 0 Å². The summed E-state index contributed by atoms with van der Waals surface area (Å²) >= 11 is 0. The molecule has 150 valence electrons.